The average Bonchev–Trinajstić information content (AvgIpc) is 2.76. The third kappa shape index (κ3) is 5.21. The lowest BCUT2D eigenvalue weighted by atomic mass is 10.0. The Labute approximate surface area is 165 Å². The maximum atomic E-state index is 11.3. The predicted octanol–water partition coefficient (Wildman–Crippen LogP) is 5.86. The van der Waals surface area contributed by atoms with Crippen molar-refractivity contribution in [1.82, 2.24) is 0 Å². The van der Waals surface area contributed by atoms with Gasteiger partial charge < -0.3 is 9.47 Å². The first-order valence-electron chi connectivity index (χ1n) is 8.95. The van der Waals surface area contributed by atoms with E-state index >= 15 is 0 Å². The van der Waals surface area contributed by atoms with Crippen molar-refractivity contribution >= 4 is 30.6 Å². The van der Waals surface area contributed by atoms with E-state index in [0.717, 1.165) is 40.0 Å². The summed E-state index contributed by atoms with van der Waals surface area (Å²) in [7, 11) is 3.30. The van der Waals surface area contributed by atoms with Gasteiger partial charge in [0.15, 0.2) is 0 Å². The van der Waals surface area contributed by atoms with Crippen LogP contribution >= 0.6 is 0 Å². The van der Waals surface area contributed by atoms with Crippen molar-refractivity contribution < 1.29 is 14.3 Å². The van der Waals surface area contributed by atoms with Crippen LogP contribution in [0.25, 0.3) is 24.3 Å². The molecule has 0 bridgehead atoms. The smallest absolute Gasteiger partial charge is 0.150 e. The van der Waals surface area contributed by atoms with Gasteiger partial charge in [-0.15, -0.1) is 0 Å². The Morgan fingerprint density at radius 2 is 0.893 bits per heavy atom. The monoisotopic (exact) mass is 370 g/mol. The number of hydrogen-bond acceptors (Lipinski definition) is 3. The molecular formula is C25H22O3. The molecule has 3 aromatic rings. The van der Waals surface area contributed by atoms with E-state index in [-0.39, 0.29) is 0 Å². The molecule has 3 heteroatoms. The molecule has 0 spiro atoms. The average molecular weight is 370 g/mol. The molecular weight excluding hydrogens is 348 g/mol. The Balaban J connectivity index is 1.81. The van der Waals surface area contributed by atoms with Crippen molar-refractivity contribution in [3.8, 4) is 11.5 Å². The number of carbonyl (C=O) groups is 1. The third-order valence-electron chi connectivity index (χ3n) is 4.30. The zero-order chi connectivity index (χ0) is 19.8. The highest BCUT2D eigenvalue weighted by molar-refractivity contribution is 5.82. The van der Waals surface area contributed by atoms with Crippen molar-refractivity contribution in [2.24, 2.45) is 0 Å². The normalized spacial score (nSPS) is 11.1. The van der Waals surface area contributed by atoms with E-state index in [0.29, 0.717) is 5.56 Å². The molecule has 0 radical (unpaired) electrons. The van der Waals surface area contributed by atoms with Gasteiger partial charge in [0.25, 0.3) is 0 Å². The molecule has 0 amide bonds. The molecule has 0 aliphatic carbocycles. The zero-order valence-corrected chi connectivity index (χ0v) is 16.0. The number of methoxy groups -OCH3 is 2. The zero-order valence-electron chi connectivity index (χ0n) is 16.0. The molecule has 0 heterocycles. The van der Waals surface area contributed by atoms with Crippen molar-refractivity contribution in [1.29, 1.82) is 0 Å². The van der Waals surface area contributed by atoms with E-state index in [2.05, 4.69) is 0 Å². The molecule has 0 N–H and O–H groups in total. The minimum absolute atomic E-state index is 0.645. The highest BCUT2D eigenvalue weighted by Gasteiger charge is 1.98. The molecule has 0 aliphatic heterocycles. The standard InChI is InChI=1S/C25H22O3/c1-27-24-11-7-19(8-12-24)3-5-21-15-22(17-23(16-21)18-26)6-4-20-9-13-25(28-2)14-10-20/h3-18H,1-2H3/b5-3+,6-4+. The lowest BCUT2D eigenvalue weighted by Crippen LogP contribution is -1.85. The molecule has 0 unspecified atom stereocenters. The Bertz CT molecular complexity index is 906. The lowest BCUT2D eigenvalue weighted by molar-refractivity contribution is 0.112. The Kier molecular flexibility index (Phi) is 6.42. The fourth-order valence-electron chi connectivity index (χ4n) is 2.78. The predicted molar refractivity (Wildman–Crippen MR) is 116 cm³/mol. The van der Waals surface area contributed by atoms with Gasteiger partial charge in [0, 0.05) is 5.56 Å². The summed E-state index contributed by atoms with van der Waals surface area (Å²) in [5.41, 5.74) is 4.70. The number of aldehydes is 1. The molecule has 0 saturated carbocycles. The first kappa shape index (κ1) is 19.2. The second-order valence-electron chi connectivity index (χ2n) is 6.26. The summed E-state index contributed by atoms with van der Waals surface area (Å²) in [5.74, 6) is 1.65. The molecule has 0 aliphatic rings. The molecule has 0 atom stereocenters. The van der Waals surface area contributed by atoms with Crippen LogP contribution in [0, 0.1) is 0 Å². The van der Waals surface area contributed by atoms with E-state index in [9.17, 15) is 4.79 Å². The fraction of sp³-hybridized carbons (Fsp3) is 0.0800. The van der Waals surface area contributed by atoms with Crippen molar-refractivity contribution in [2.45, 2.75) is 0 Å². The molecule has 3 nitrogen and oxygen atoms in total. The van der Waals surface area contributed by atoms with Crippen LogP contribution in [0.3, 0.4) is 0 Å². The topological polar surface area (TPSA) is 35.5 Å². The van der Waals surface area contributed by atoms with Crippen LogP contribution < -0.4 is 9.47 Å². The van der Waals surface area contributed by atoms with Crippen LogP contribution in [0.15, 0.2) is 66.7 Å². The summed E-state index contributed by atoms with van der Waals surface area (Å²) in [4.78, 5) is 11.3. The first-order valence-corrected chi connectivity index (χ1v) is 8.95. The third-order valence-corrected chi connectivity index (χ3v) is 4.30. The summed E-state index contributed by atoms with van der Waals surface area (Å²) in [6.45, 7) is 0. The summed E-state index contributed by atoms with van der Waals surface area (Å²) >= 11 is 0. The van der Waals surface area contributed by atoms with Gasteiger partial charge in [-0.3, -0.25) is 4.79 Å². The van der Waals surface area contributed by atoms with Crippen LogP contribution in [0.1, 0.15) is 32.6 Å². The van der Waals surface area contributed by atoms with E-state index in [1.165, 1.54) is 0 Å². The molecule has 0 saturated heterocycles. The molecule has 28 heavy (non-hydrogen) atoms. The van der Waals surface area contributed by atoms with Crippen molar-refractivity contribution in [3.05, 3.63) is 94.5 Å². The van der Waals surface area contributed by atoms with Crippen LogP contribution in [0.5, 0.6) is 11.5 Å². The first-order chi connectivity index (χ1) is 13.7. The number of benzene rings is 3. The van der Waals surface area contributed by atoms with Crippen LogP contribution in [-0.4, -0.2) is 20.5 Å². The molecule has 3 aromatic carbocycles. The second kappa shape index (κ2) is 9.38. The number of rotatable bonds is 7. The second-order valence-corrected chi connectivity index (χ2v) is 6.26. The molecule has 0 aromatic heterocycles. The highest BCUT2D eigenvalue weighted by atomic mass is 16.5. The minimum atomic E-state index is 0.645. The fourth-order valence-corrected chi connectivity index (χ4v) is 2.78. The Hall–Kier alpha value is -3.59. The maximum absolute atomic E-state index is 11.3. The van der Waals surface area contributed by atoms with Crippen LogP contribution in [0.4, 0.5) is 0 Å². The van der Waals surface area contributed by atoms with Crippen molar-refractivity contribution in [2.75, 3.05) is 14.2 Å². The van der Waals surface area contributed by atoms with Gasteiger partial charge in [-0.2, -0.15) is 0 Å². The van der Waals surface area contributed by atoms with Gasteiger partial charge in [0.1, 0.15) is 17.8 Å². The largest absolute Gasteiger partial charge is 0.497 e. The van der Waals surface area contributed by atoms with Crippen LogP contribution in [0.2, 0.25) is 0 Å². The number of hydrogen-bond donors (Lipinski definition) is 0. The minimum Gasteiger partial charge on any atom is -0.497 e. The number of ether oxygens (including phenoxy) is 2. The van der Waals surface area contributed by atoms with Gasteiger partial charge in [0.2, 0.25) is 0 Å². The van der Waals surface area contributed by atoms with Crippen molar-refractivity contribution in [3.63, 3.8) is 0 Å². The Morgan fingerprint density at radius 3 is 1.25 bits per heavy atom. The summed E-state index contributed by atoms with van der Waals surface area (Å²) < 4.78 is 10.4. The molecule has 140 valence electrons. The van der Waals surface area contributed by atoms with Gasteiger partial charge in [-0.1, -0.05) is 48.6 Å². The quantitative estimate of drug-likeness (QED) is 0.386. The summed E-state index contributed by atoms with van der Waals surface area (Å²) in [6.07, 6.45) is 8.90. The Morgan fingerprint density at radius 1 is 0.536 bits per heavy atom. The summed E-state index contributed by atoms with van der Waals surface area (Å²) in [5, 5.41) is 0. The van der Waals surface area contributed by atoms with Crippen LogP contribution in [-0.2, 0) is 0 Å². The van der Waals surface area contributed by atoms with E-state index < -0.39 is 0 Å². The van der Waals surface area contributed by atoms with E-state index in [1.807, 2.05) is 91.0 Å². The lowest BCUT2D eigenvalue weighted by Gasteiger charge is -2.02. The van der Waals surface area contributed by atoms with E-state index in [1.54, 1.807) is 14.2 Å². The molecule has 3 rings (SSSR count). The van der Waals surface area contributed by atoms with Gasteiger partial charge in [-0.25, -0.2) is 0 Å². The molecule has 0 fully saturated rings. The number of carbonyl (C=O) groups excluding carboxylic acids is 1. The van der Waals surface area contributed by atoms with Gasteiger partial charge in [0.05, 0.1) is 14.2 Å². The van der Waals surface area contributed by atoms with Gasteiger partial charge in [-0.05, 0) is 64.7 Å². The highest BCUT2D eigenvalue weighted by Crippen LogP contribution is 2.18. The SMILES string of the molecule is COc1ccc(/C=C/c2cc(C=O)cc(/C=C/c3ccc(OC)cc3)c2)cc1. The van der Waals surface area contributed by atoms with Gasteiger partial charge >= 0.3 is 0 Å². The summed E-state index contributed by atoms with van der Waals surface area (Å²) in [6, 6.07) is 21.4. The van der Waals surface area contributed by atoms with E-state index in [4.69, 9.17) is 9.47 Å². The maximum Gasteiger partial charge on any atom is 0.150 e.